The highest BCUT2D eigenvalue weighted by atomic mass is 79.9. The van der Waals surface area contributed by atoms with E-state index in [9.17, 15) is 0 Å². The molecule has 0 fully saturated rings. The third kappa shape index (κ3) is 1.94. The summed E-state index contributed by atoms with van der Waals surface area (Å²) in [5.74, 6) is 1.09. The molecule has 94 valence electrons. The van der Waals surface area contributed by atoms with Crippen LogP contribution in [0, 0.1) is 13.8 Å². The van der Waals surface area contributed by atoms with Crippen molar-refractivity contribution in [1.82, 2.24) is 9.78 Å². The van der Waals surface area contributed by atoms with Crippen molar-refractivity contribution in [3.05, 3.63) is 45.6 Å². The first-order valence-corrected chi connectivity index (χ1v) is 6.99. The Kier molecular flexibility index (Phi) is 2.90. The van der Waals surface area contributed by atoms with Crippen LogP contribution in [0.15, 0.2) is 28.9 Å². The molecule has 0 aliphatic carbocycles. The lowest BCUT2D eigenvalue weighted by Crippen LogP contribution is -2.24. The minimum atomic E-state index is 0.339. The maximum absolute atomic E-state index is 4.48. The number of hydrogen-bond acceptors (Lipinski definition) is 2. The molecule has 1 N–H and O–H groups in total. The Morgan fingerprint density at radius 3 is 2.72 bits per heavy atom. The van der Waals surface area contributed by atoms with Gasteiger partial charge in [-0.1, -0.05) is 29.3 Å². The summed E-state index contributed by atoms with van der Waals surface area (Å²) < 4.78 is 3.12. The number of anilines is 1. The predicted molar refractivity (Wildman–Crippen MR) is 77.1 cm³/mol. The van der Waals surface area contributed by atoms with E-state index in [1.807, 2.05) is 6.20 Å². The zero-order chi connectivity index (χ0) is 12.7. The predicted octanol–water partition coefficient (Wildman–Crippen LogP) is 3.67. The first kappa shape index (κ1) is 11.8. The number of nitrogens with zero attached hydrogens (tertiary/aromatic N) is 2. The van der Waals surface area contributed by atoms with Crippen LogP contribution in [-0.2, 0) is 0 Å². The second-order valence-corrected chi connectivity index (χ2v) is 5.79. The Labute approximate surface area is 115 Å². The molecule has 0 saturated heterocycles. The molecule has 3 nitrogen and oxygen atoms in total. The normalized spacial score (nSPS) is 18.3. The van der Waals surface area contributed by atoms with Crippen LogP contribution in [0.5, 0.6) is 0 Å². The van der Waals surface area contributed by atoms with E-state index in [2.05, 4.69) is 63.1 Å². The van der Waals surface area contributed by atoms with E-state index in [4.69, 9.17) is 0 Å². The van der Waals surface area contributed by atoms with Crippen LogP contribution < -0.4 is 5.32 Å². The summed E-state index contributed by atoms with van der Waals surface area (Å²) in [4.78, 5) is 0. The van der Waals surface area contributed by atoms with Crippen LogP contribution in [0.25, 0.3) is 0 Å². The van der Waals surface area contributed by atoms with Gasteiger partial charge in [0.1, 0.15) is 5.82 Å². The summed E-state index contributed by atoms with van der Waals surface area (Å²) in [6, 6.07) is 7.08. The summed E-state index contributed by atoms with van der Waals surface area (Å²) in [6.45, 7) is 5.29. The van der Waals surface area contributed by atoms with E-state index in [0.717, 1.165) is 23.3 Å². The van der Waals surface area contributed by atoms with Gasteiger partial charge in [0.15, 0.2) is 0 Å². The van der Waals surface area contributed by atoms with E-state index in [1.165, 1.54) is 16.7 Å². The lowest BCUT2D eigenvalue weighted by atomic mass is 9.98. The molecule has 3 rings (SSSR count). The van der Waals surface area contributed by atoms with Gasteiger partial charge in [-0.05, 0) is 41.8 Å². The van der Waals surface area contributed by atoms with Gasteiger partial charge in [0.2, 0.25) is 0 Å². The largest absolute Gasteiger partial charge is 0.369 e. The third-order valence-electron chi connectivity index (χ3n) is 3.39. The van der Waals surface area contributed by atoms with Crippen molar-refractivity contribution in [2.75, 3.05) is 11.9 Å². The Balaban J connectivity index is 2.08. The number of aryl methyl sites for hydroxylation is 2. The van der Waals surface area contributed by atoms with Crippen LogP contribution in [0.4, 0.5) is 5.82 Å². The van der Waals surface area contributed by atoms with Gasteiger partial charge in [-0.2, -0.15) is 5.10 Å². The molecule has 1 aliphatic heterocycles. The minimum absolute atomic E-state index is 0.339. The molecule has 1 atom stereocenters. The van der Waals surface area contributed by atoms with Crippen LogP contribution in [0.1, 0.15) is 29.2 Å². The number of benzene rings is 1. The highest BCUT2D eigenvalue weighted by Crippen LogP contribution is 2.34. The number of hydrogen-bond donors (Lipinski definition) is 1. The fraction of sp³-hybridized carbons (Fsp3) is 0.357. The molecule has 0 saturated carbocycles. The van der Waals surface area contributed by atoms with Crippen molar-refractivity contribution in [2.45, 2.75) is 26.3 Å². The second kappa shape index (κ2) is 4.43. The quantitative estimate of drug-likeness (QED) is 0.871. The minimum Gasteiger partial charge on any atom is -0.369 e. The van der Waals surface area contributed by atoms with E-state index >= 15 is 0 Å². The molecule has 0 spiro atoms. The number of halogens is 1. The molecule has 4 heteroatoms. The zero-order valence-electron chi connectivity index (χ0n) is 10.6. The highest BCUT2D eigenvalue weighted by molar-refractivity contribution is 9.10. The lowest BCUT2D eigenvalue weighted by Gasteiger charge is -2.26. The Morgan fingerprint density at radius 1 is 1.28 bits per heavy atom. The maximum Gasteiger partial charge on any atom is 0.139 e. The topological polar surface area (TPSA) is 29.9 Å². The van der Waals surface area contributed by atoms with Crippen molar-refractivity contribution < 1.29 is 0 Å². The van der Waals surface area contributed by atoms with Gasteiger partial charge in [0, 0.05) is 6.54 Å². The fourth-order valence-electron chi connectivity index (χ4n) is 2.70. The Hall–Kier alpha value is -1.29. The summed E-state index contributed by atoms with van der Waals surface area (Å²) in [7, 11) is 0. The standard InChI is InChI=1S/C14H16BrN3/c1-9-5-10(2)7-11(6-9)13-3-4-16-14-12(15)8-17-18(13)14/h5-8,13,16H,3-4H2,1-2H3. The van der Waals surface area contributed by atoms with E-state index < -0.39 is 0 Å². The van der Waals surface area contributed by atoms with Crippen molar-refractivity contribution in [3.63, 3.8) is 0 Å². The third-order valence-corrected chi connectivity index (χ3v) is 3.97. The van der Waals surface area contributed by atoms with Gasteiger partial charge < -0.3 is 5.32 Å². The number of fused-ring (bicyclic) bond motifs is 1. The van der Waals surface area contributed by atoms with Gasteiger partial charge in [-0.15, -0.1) is 0 Å². The smallest absolute Gasteiger partial charge is 0.139 e. The molecule has 1 aliphatic rings. The number of aromatic nitrogens is 2. The van der Waals surface area contributed by atoms with Gasteiger partial charge in [0.25, 0.3) is 0 Å². The van der Waals surface area contributed by atoms with E-state index in [0.29, 0.717) is 6.04 Å². The van der Waals surface area contributed by atoms with Gasteiger partial charge in [-0.25, -0.2) is 4.68 Å². The lowest BCUT2D eigenvalue weighted by molar-refractivity contribution is 0.481. The SMILES string of the molecule is Cc1cc(C)cc(C2CCNc3c(Br)cnn32)c1. The van der Waals surface area contributed by atoms with Gasteiger partial charge in [0.05, 0.1) is 16.7 Å². The molecule has 1 aromatic carbocycles. The first-order valence-electron chi connectivity index (χ1n) is 6.20. The molecule has 18 heavy (non-hydrogen) atoms. The molecule has 0 amide bonds. The highest BCUT2D eigenvalue weighted by Gasteiger charge is 2.23. The summed E-state index contributed by atoms with van der Waals surface area (Å²) in [5.41, 5.74) is 3.98. The van der Waals surface area contributed by atoms with Crippen molar-refractivity contribution in [2.24, 2.45) is 0 Å². The van der Waals surface area contributed by atoms with Crippen LogP contribution in [0.2, 0.25) is 0 Å². The summed E-state index contributed by atoms with van der Waals surface area (Å²) in [6.07, 6.45) is 2.94. The van der Waals surface area contributed by atoms with Crippen LogP contribution in [0.3, 0.4) is 0 Å². The number of nitrogens with one attached hydrogen (secondary N) is 1. The van der Waals surface area contributed by atoms with Gasteiger partial charge in [-0.3, -0.25) is 0 Å². The summed E-state index contributed by atoms with van der Waals surface area (Å²) in [5, 5.41) is 7.87. The van der Waals surface area contributed by atoms with Crippen molar-refractivity contribution >= 4 is 21.7 Å². The van der Waals surface area contributed by atoms with E-state index in [1.54, 1.807) is 0 Å². The number of rotatable bonds is 1. The maximum atomic E-state index is 4.48. The average Bonchev–Trinajstić information content (AvgIpc) is 2.70. The first-order chi connectivity index (χ1) is 8.65. The fourth-order valence-corrected chi connectivity index (χ4v) is 3.12. The molecular weight excluding hydrogens is 290 g/mol. The van der Waals surface area contributed by atoms with Crippen molar-refractivity contribution in [3.8, 4) is 0 Å². The molecule has 2 aromatic rings. The molecule has 2 heterocycles. The van der Waals surface area contributed by atoms with Gasteiger partial charge >= 0.3 is 0 Å². The monoisotopic (exact) mass is 305 g/mol. The molecule has 0 radical (unpaired) electrons. The second-order valence-electron chi connectivity index (χ2n) is 4.94. The zero-order valence-corrected chi connectivity index (χ0v) is 12.2. The molecule has 1 aromatic heterocycles. The molecule has 0 bridgehead atoms. The van der Waals surface area contributed by atoms with E-state index in [-0.39, 0.29) is 0 Å². The van der Waals surface area contributed by atoms with Crippen LogP contribution >= 0.6 is 15.9 Å². The van der Waals surface area contributed by atoms with Crippen LogP contribution in [-0.4, -0.2) is 16.3 Å². The Bertz CT molecular complexity index is 568. The molecule has 1 unspecified atom stereocenters. The average molecular weight is 306 g/mol. The summed E-state index contributed by atoms with van der Waals surface area (Å²) >= 11 is 3.54. The molecular formula is C14H16BrN3. The van der Waals surface area contributed by atoms with Crippen molar-refractivity contribution in [1.29, 1.82) is 0 Å². The Morgan fingerprint density at radius 2 is 2.00 bits per heavy atom.